The van der Waals surface area contributed by atoms with E-state index in [1.165, 1.54) is 4.90 Å². The first-order chi connectivity index (χ1) is 9.73. The van der Waals surface area contributed by atoms with Crippen molar-refractivity contribution in [2.75, 3.05) is 24.6 Å². The number of nitrogens with one attached hydrogen (secondary N) is 1. The lowest BCUT2D eigenvalue weighted by Gasteiger charge is -2.25. The highest BCUT2D eigenvalue weighted by molar-refractivity contribution is 9.10. The maximum absolute atomic E-state index is 12.6. The molecule has 120 valence electrons. The Balaban J connectivity index is 2.83. The van der Waals surface area contributed by atoms with Gasteiger partial charge in [-0.1, -0.05) is 22.0 Å². The number of hydrogen-bond donors (Lipinski definition) is 2. The number of alkyl halides is 2. The van der Waals surface area contributed by atoms with Crippen molar-refractivity contribution in [2.45, 2.75) is 39.3 Å². The molecule has 0 aromatic heterocycles. The first-order valence-electron chi connectivity index (χ1n) is 6.90. The lowest BCUT2D eigenvalue weighted by Crippen LogP contribution is -2.35. The summed E-state index contributed by atoms with van der Waals surface area (Å²) in [4.78, 5) is 1.48. The summed E-state index contributed by atoms with van der Waals surface area (Å²) in [6, 6.07) is 5.54. The molecule has 0 spiro atoms. The molecule has 2 N–H and O–H groups in total. The molecule has 1 rings (SSSR count). The Morgan fingerprint density at radius 1 is 1.33 bits per heavy atom. The fourth-order valence-electron chi connectivity index (χ4n) is 1.85. The first-order valence-corrected chi connectivity index (χ1v) is 7.69. The third-order valence-electron chi connectivity index (χ3n) is 2.94. The molecule has 0 saturated heterocycles. The number of hydrogen-bond acceptors (Lipinski definition) is 3. The zero-order valence-corrected chi connectivity index (χ0v) is 14.3. The largest absolute Gasteiger partial charge is 0.395 e. The molecule has 0 aliphatic carbocycles. The predicted octanol–water partition coefficient (Wildman–Crippen LogP) is 3.40. The molecule has 0 bridgehead atoms. The van der Waals surface area contributed by atoms with Crippen molar-refractivity contribution in [2.24, 2.45) is 0 Å². The van der Waals surface area contributed by atoms with E-state index in [0.717, 1.165) is 10.0 Å². The molecular formula is C15H23BrF2N2O. The molecule has 0 heterocycles. The van der Waals surface area contributed by atoms with Crippen molar-refractivity contribution < 1.29 is 13.9 Å². The fourth-order valence-corrected chi connectivity index (χ4v) is 2.36. The quantitative estimate of drug-likeness (QED) is 0.778. The average molecular weight is 365 g/mol. The van der Waals surface area contributed by atoms with E-state index in [1.807, 2.05) is 18.2 Å². The molecule has 3 nitrogen and oxygen atoms in total. The van der Waals surface area contributed by atoms with E-state index in [-0.39, 0.29) is 25.2 Å². The van der Waals surface area contributed by atoms with Gasteiger partial charge in [-0.05, 0) is 38.5 Å². The minimum atomic E-state index is -2.43. The van der Waals surface area contributed by atoms with Gasteiger partial charge in [0.05, 0.1) is 13.2 Å². The monoisotopic (exact) mass is 364 g/mol. The molecule has 0 radical (unpaired) electrons. The molecule has 1 aromatic carbocycles. The van der Waals surface area contributed by atoms with Gasteiger partial charge in [0.1, 0.15) is 0 Å². The van der Waals surface area contributed by atoms with E-state index in [0.29, 0.717) is 12.2 Å². The van der Waals surface area contributed by atoms with E-state index in [2.05, 4.69) is 42.0 Å². The van der Waals surface area contributed by atoms with Gasteiger partial charge >= 0.3 is 0 Å². The summed E-state index contributed by atoms with van der Waals surface area (Å²) >= 11 is 3.48. The summed E-state index contributed by atoms with van der Waals surface area (Å²) in [6.07, 6.45) is -2.43. The Labute approximate surface area is 133 Å². The third kappa shape index (κ3) is 6.72. The number of aliphatic hydroxyl groups excluding tert-OH is 1. The predicted molar refractivity (Wildman–Crippen MR) is 86.0 cm³/mol. The summed E-state index contributed by atoms with van der Waals surface area (Å²) in [5.74, 6) is 0. The SMILES string of the molecule is CC(C)(C)NCc1ccc(N(CCO)CC(F)F)cc1Br. The molecule has 6 heteroatoms. The first kappa shape index (κ1) is 18.3. The van der Waals surface area contributed by atoms with Crippen LogP contribution in [0.5, 0.6) is 0 Å². The third-order valence-corrected chi connectivity index (χ3v) is 3.68. The van der Waals surface area contributed by atoms with Crippen molar-refractivity contribution in [3.8, 4) is 0 Å². The number of benzene rings is 1. The zero-order chi connectivity index (χ0) is 16.0. The topological polar surface area (TPSA) is 35.5 Å². The van der Waals surface area contributed by atoms with Gasteiger partial charge < -0.3 is 15.3 Å². The van der Waals surface area contributed by atoms with Crippen LogP contribution in [0.2, 0.25) is 0 Å². The van der Waals surface area contributed by atoms with Gasteiger partial charge in [-0.25, -0.2) is 8.78 Å². The van der Waals surface area contributed by atoms with E-state index in [4.69, 9.17) is 5.11 Å². The molecule has 1 aromatic rings. The lowest BCUT2D eigenvalue weighted by molar-refractivity contribution is 0.153. The number of rotatable bonds is 7. The number of halogens is 3. The van der Waals surface area contributed by atoms with Crippen LogP contribution in [0.15, 0.2) is 22.7 Å². The zero-order valence-electron chi connectivity index (χ0n) is 12.7. The van der Waals surface area contributed by atoms with Crippen molar-refractivity contribution in [3.63, 3.8) is 0 Å². The van der Waals surface area contributed by atoms with Gasteiger partial charge in [0.15, 0.2) is 0 Å². The van der Waals surface area contributed by atoms with Gasteiger partial charge in [-0.3, -0.25) is 0 Å². The van der Waals surface area contributed by atoms with E-state index in [9.17, 15) is 8.78 Å². The van der Waals surface area contributed by atoms with E-state index in [1.54, 1.807) is 0 Å². The van der Waals surface area contributed by atoms with Crippen LogP contribution in [0.25, 0.3) is 0 Å². The number of anilines is 1. The minimum Gasteiger partial charge on any atom is -0.395 e. The standard InChI is InChI=1S/C15H23BrF2N2O/c1-15(2,3)19-9-11-4-5-12(8-13(11)16)20(6-7-21)10-14(17)18/h4-5,8,14,19,21H,6-7,9-10H2,1-3H3. The molecule has 0 amide bonds. The summed E-state index contributed by atoms with van der Waals surface area (Å²) in [7, 11) is 0. The van der Waals surface area contributed by atoms with Gasteiger partial charge in [-0.15, -0.1) is 0 Å². The molecule has 21 heavy (non-hydrogen) atoms. The van der Waals surface area contributed by atoms with Gasteiger partial charge in [0.25, 0.3) is 6.43 Å². The van der Waals surface area contributed by atoms with Gasteiger partial charge in [0, 0.05) is 28.8 Å². The molecule has 0 aliphatic heterocycles. The highest BCUT2D eigenvalue weighted by Gasteiger charge is 2.14. The minimum absolute atomic E-state index is 0.0106. The second kappa shape index (κ2) is 8.06. The van der Waals surface area contributed by atoms with Crippen molar-refractivity contribution in [1.82, 2.24) is 5.32 Å². The number of nitrogens with zero attached hydrogens (tertiary/aromatic N) is 1. The van der Waals surface area contributed by atoms with Crippen molar-refractivity contribution in [1.29, 1.82) is 0 Å². The van der Waals surface area contributed by atoms with Crippen LogP contribution in [-0.2, 0) is 6.54 Å². The van der Waals surface area contributed by atoms with Crippen LogP contribution in [-0.4, -0.2) is 36.8 Å². The lowest BCUT2D eigenvalue weighted by atomic mass is 10.1. The maximum Gasteiger partial charge on any atom is 0.255 e. The van der Waals surface area contributed by atoms with Gasteiger partial charge in [0.2, 0.25) is 0 Å². The Morgan fingerprint density at radius 2 is 2.00 bits per heavy atom. The van der Waals surface area contributed by atoms with Crippen molar-refractivity contribution >= 4 is 21.6 Å². The average Bonchev–Trinajstić information content (AvgIpc) is 2.35. The smallest absolute Gasteiger partial charge is 0.255 e. The second-order valence-electron chi connectivity index (χ2n) is 5.94. The van der Waals surface area contributed by atoms with Crippen LogP contribution in [0.4, 0.5) is 14.5 Å². The highest BCUT2D eigenvalue weighted by Crippen LogP contribution is 2.25. The number of aliphatic hydroxyl groups is 1. The summed E-state index contributed by atoms with van der Waals surface area (Å²) < 4.78 is 26.0. The van der Waals surface area contributed by atoms with Crippen molar-refractivity contribution in [3.05, 3.63) is 28.2 Å². The summed E-state index contributed by atoms with van der Waals surface area (Å²) in [5, 5.41) is 12.4. The molecular weight excluding hydrogens is 342 g/mol. The van der Waals surface area contributed by atoms with E-state index >= 15 is 0 Å². The maximum atomic E-state index is 12.6. The second-order valence-corrected chi connectivity index (χ2v) is 6.79. The van der Waals surface area contributed by atoms with Crippen LogP contribution in [0.3, 0.4) is 0 Å². The Hall–Kier alpha value is -0.720. The van der Waals surface area contributed by atoms with Crippen LogP contribution in [0, 0.1) is 0 Å². The van der Waals surface area contributed by atoms with Gasteiger partial charge in [-0.2, -0.15) is 0 Å². The molecule has 0 unspecified atom stereocenters. The Kier molecular flexibility index (Phi) is 7.03. The summed E-state index contributed by atoms with van der Waals surface area (Å²) in [5.41, 5.74) is 1.75. The Bertz CT molecular complexity index is 450. The summed E-state index contributed by atoms with van der Waals surface area (Å²) in [6.45, 7) is 6.60. The molecule has 0 saturated carbocycles. The molecule has 0 fully saturated rings. The fraction of sp³-hybridized carbons (Fsp3) is 0.600. The highest BCUT2D eigenvalue weighted by atomic mass is 79.9. The van der Waals surface area contributed by atoms with Crippen LogP contribution >= 0.6 is 15.9 Å². The molecule has 0 atom stereocenters. The molecule has 0 aliphatic rings. The Morgan fingerprint density at radius 3 is 2.48 bits per heavy atom. The van der Waals surface area contributed by atoms with Crippen LogP contribution < -0.4 is 10.2 Å². The normalized spacial score (nSPS) is 12.0. The van der Waals surface area contributed by atoms with E-state index < -0.39 is 6.43 Å². The van der Waals surface area contributed by atoms with Crippen LogP contribution in [0.1, 0.15) is 26.3 Å².